The molecule has 0 saturated heterocycles. The minimum atomic E-state index is 0.925. The van der Waals surface area contributed by atoms with E-state index in [1.54, 1.807) is 0 Å². The van der Waals surface area contributed by atoms with Crippen LogP contribution >= 0.6 is 24.4 Å². The minimum Gasteiger partial charge on any atom is -0.0837 e. The van der Waals surface area contributed by atoms with Crippen LogP contribution in [0.3, 0.4) is 0 Å². The van der Waals surface area contributed by atoms with E-state index in [0.717, 1.165) is 29.0 Å². The summed E-state index contributed by atoms with van der Waals surface area (Å²) in [6.07, 6.45) is 3.02. The van der Waals surface area contributed by atoms with Crippen molar-refractivity contribution in [3.05, 3.63) is 0 Å². The summed E-state index contributed by atoms with van der Waals surface area (Å²) in [7, 11) is 0. The average Bonchev–Trinajstić information content (AvgIpc) is 1.87. The molecule has 0 aliphatic rings. The first kappa shape index (κ1) is 9.18. The molecular formula is C7H12S2. The highest BCUT2D eigenvalue weighted by atomic mass is 32.1. The van der Waals surface area contributed by atoms with Gasteiger partial charge in [-0.05, 0) is 12.8 Å². The van der Waals surface area contributed by atoms with Gasteiger partial charge in [-0.2, -0.15) is 0 Å². The highest BCUT2D eigenvalue weighted by Crippen LogP contribution is 1.98. The van der Waals surface area contributed by atoms with Crippen LogP contribution in [0.2, 0.25) is 0 Å². The van der Waals surface area contributed by atoms with Crippen molar-refractivity contribution >= 4 is 34.2 Å². The van der Waals surface area contributed by atoms with Crippen LogP contribution in [0.5, 0.6) is 0 Å². The number of thiocarbonyl (C=S) groups is 2. The quantitative estimate of drug-likeness (QED) is 0.580. The zero-order valence-corrected chi connectivity index (χ0v) is 7.57. The molecule has 0 atom stereocenters. The molecule has 9 heavy (non-hydrogen) atoms. The van der Waals surface area contributed by atoms with E-state index in [9.17, 15) is 0 Å². The molecule has 0 aromatic heterocycles. The average molecular weight is 160 g/mol. The summed E-state index contributed by atoms with van der Waals surface area (Å²) in [6, 6.07) is 0. The van der Waals surface area contributed by atoms with E-state index in [-0.39, 0.29) is 0 Å². The normalized spacial score (nSPS) is 9.11. The molecule has 0 saturated carbocycles. The van der Waals surface area contributed by atoms with Gasteiger partial charge in [-0.1, -0.05) is 44.7 Å². The number of hydrogen-bond donors (Lipinski definition) is 0. The van der Waals surface area contributed by atoms with Crippen molar-refractivity contribution in [2.45, 2.75) is 33.1 Å². The minimum absolute atomic E-state index is 0.925. The summed E-state index contributed by atoms with van der Waals surface area (Å²) in [4.78, 5) is 1.95. The van der Waals surface area contributed by atoms with Gasteiger partial charge in [0.15, 0.2) is 0 Å². The van der Waals surface area contributed by atoms with Crippen LogP contribution in [0.15, 0.2) is 0 Å². The van der Waals surface area contributed by atoms with E-state index in [4.69, 9.17) is 24.4 Å². The second-order valence-electron chi connectivity index (χ2n) is 1.95. The van der Waals surface area contributed by atoms with Gasteiger partial charge >= 0.3 is 0 Å². The molecule has 0 spiro atoms. The Kier molecular flexibility index (Phi) is 5.10. The van der Waals surface area contributed by atoms with Gasteiger partial charge in [0.1, 0.15) is 0 Å². The van der Waals surface area contributed by atoms with Crippen molar-refractivity contribution in [2.75, 3.05) is 0 Å². The van der Waals surface area contributed by atoms with Crippen molar-refractivity contribution in [3.63, 3.8) is 0 Å². The summed E-state index contributed by atoms with van der Waals surface area (Å²) in [5.74, 6) is 0. The van der Waals surface area contributed by atoms with E-state index >= 15 is 0 Å². The van der Waals surface area contributed by atoms with Gasteiger partial charge < -0.3 is 0 Å². The van der Waals surface area contributed by atoms with Crippen LogP contribution in [0.4, 0.5) is 0 Å². The Balaban J connectivity index is 3.60. The fraction of sp³-hybridized carbons (Fsp3) is 0.714. The van der Waals surface area contributed by atoms with Crippen molar-refractivity contribution in [3.8, 4) is 0 Å². The van der Waals surface area contributed by atoms with E-state index in [1.807, 2.05) is 6.92 Å². The molecule has 0 heterocycles. The van der Waals surface area contributed by atoms with Crippen molar-refractivity contribution in [1.82, 2.24) is 0 Å². The predicted octanol–water partition coefficient (Wildman–Crippen LogP) is 2.94. The van der Waals surface area contributed by atoms with E-state index < -0.39 is 0 Å². The monoisotopic (exact) mass is 160 g/mol. The SMILES string of the molecule is CCCC(=S)C(=S)CC. The van der Waals surface area contributed by atoms with Crippen molar-refractivity contribution in [2.24, 2.45) is 0 Å². The van der Waals surface area contributed by atoms with Crippen molar-refractivity contribution < 1.29 is 0 Å². The van der Waals surface area contributed by atoms with Gasteiger partial charge in [-0.3, -0.25) is 0 Å². The standard InChI is InChI=1S/C7H12S2/c1-3-5-7(9)6(8)4-2/h3-5H2,1-2H3. The topological polar surface area (TPSA) is 0 Å². The lowest BCUT2D eigenvalue weighted by atomic mass is 10.2. The van der Waals surface area contributed by atoms with E-state index in [1.165, 1.54) is 0 Å². The molecule has 0 rings (SSSR count). The Bertz CT molecular complexity index is 116. The third-order valence-corrected chi connectivity index (χ3v) is 2.22. The summed E-state index contributed by atoms with van der Waals surface area (Å²) in [5.41, 5.74) is 0. The molecule has 52 valence electrons. The molecule has 0 amide bonds. The van der Waals surface area contributed by atoms with Gasteiger partial charge in [-0.25, -0.2) is 0 Å². The molecule has 0 unspecified atom stereocenters. The zero-order valence-electron chi connectivity index (χ0n) is 5.94. The first-order chi connectivity index (χ1) is 4.22. The molecular weight excluding hydrogens is 148 g/mol. The number of hydrogen-bond acceptors (Lipinski definition) is 2. The maximum atomic E-state index is 5.03. The van der Waals surface area contributed by atoms with Crippen LogP contribution in [0.1, 0.15) is 33.1 Å². The largest absolute Gasteiger partial charge is 0.0837 e. The third kappa shape index (κ3) is 3.71. The summed E-state index contributed by atoms with van der Waals surface area (Å²) < 4.78 is 0. The highest BCUT2D eigenvalue weighted by Gasteiger charge is 1.98. The van der Waals surface area contributed by atoms with Crippen LogP contribution in [-0.4, -0.2) is 9.73 Å². The van der Waals surface area contributed by atoms with Gasteiger partial charge in [0.25, 0.3) is 0 Å². The Labute approximate surface area is 67.6 Å². The van der Waals surface area contributed by atoms with Crippen molar-refractivity contribution in [1.29, 1.82) is 0 Å². The fourth-order valence-electron chi connectivity index (χ4n) is 0.564. The molecule has 0 aromatic carbocycles. The summed E-state index contributed by atoms with van der Waals surface area (Å²) in [6.45, 7) is 4.16. The molecule has 0 N–H and O–H groups in total. The van der Waals surface area contributed by atoms with Gasteiger partial charge in [0, 0.05) is 9.73 Å². The lowest BCUT2D eigenvalue weighted by molar-refractivity contribution is 1.01. The van der Waals surface area contributed by atoms with Crippen LogP contribution in [0, 0.1) is 0 Å². The lowest BCUT2D eigenvalue weighted by Crippen LogP contribution is -2.06. The Morgan fingerprint density at radius 3 is 2.00 bits per heavy atom. The molecule has 0 fully saturated rings. The first-order valence-electron chi connectivity index (χ1n) is 3.28. The Hall–Kier alpha value is 0.180. The second-order valence-corrected chi connectivity index (χ2v) is 2.94. The van der Waals surface area contributed by atoms with Gasteiger partial charge in [0.2, 0.25) is 0 Å². The second kappa shape index (κ2) is 5.00. The fourth-order valence-corrected chi connectivity index (χ4v) is 1.01. The smallest absolute Gasteiger partial charge is 0.0291 e. The highest BCUT2D eigenvalue weighted by molar-refractivity contribution is 7.89. The van der Waals surface area contributed by atoms with Crippen LogP contribution in [-0.2, 0) is 0 Å². The molecule has 0 nitrogen and oxygen atoms in total. The zero-order chi connectivity index (χ0) is 7.28. The predicted molar refractivity (Wildman–Crippen MR) is 50.4 cm³/mol. The third-order valence-electron chi connectivity index (χ3n) is 1.11. The molecule has 0 aliphatic carbocycles. The van der Waals surface area contributed by atoms with Gasteiger partial charge in [-0.15, -0.1) is 0 Å². The lowest BCUT2D eigenvalue weighted by Gasteiger charge is -1.98. The van der Waals surface area contributed by atoms with Crippen LogP contribution in [0.25, 0.3) is 0 Å². The Morgan fingerprint density at radius 2 is 1.67 bits per heavy atom. The number of rotatable bonds is 4. The maximum absolute atomic E-state index is 5.03. The van der Waals surface area contributed by atoms with Gasteiger partial charge in [0.05, 0.1) is 0 Å². The summed E-state index contributed by atoms with van der Waals surface area (Å²) in [5, 5.41) is 0. The molecule has 0 aliphatic heterocycles. The van der Waals surface area contributed by atoms with Crippen LogP contribution < -0.4 is 0 Å². The molecule has 0 radical (unpaired) electrons. The molecule has 2 heteroatoms. The first-order valence-corrected chi connectivity index (χ1v) is 4.10. The van der Waals surface area contributed by atoms with E-state index in [2.05, 4.69) is 6.92 Å². The summed E-state index contributed by atoms with van der Waals surface area (Å²) >= 11 is 10.0. The molecule has 0 aromatic rings. The molecule has 0 bridgehead atoms. The Morgan fingerprint density at radius 1 is 1.11 bits per heavy atom. The maximum Gasteiger partial charge on any atom is 0.0291 e. The van der Waals surface area contributed by atoms with E-state index in [0.29, 0.717) is 0 Å².